The number of ether oxygens (including phenoxy) is 1. The second-order valence-electron chi connectivity index (χ2n) is 3.21. The maximum absolute atomic E-state index is 8.63. The molecule has 0 radical (unpaired) electrons. The fourth-order valence-electron chi connectivity index (χ4n) is 1.22. The minimum absolute atomic E-state index is 0.167. The third-order valence-electron chi connectivity index (χ3n) is 1.96. The van der Waals surface area contributed by atoms with Crippen LogP contribution in [0.2, 0.25) is 0 Å². The Hall–Kier alpha value is -0.580. The molecule has 0 fully saturated rings. The molecule has 0 spiro atoms. The molecule has 0 amide bonds. The molecule has 0 aliphatic carbocycles. The highest BCUT2D eigenvalue weighted by atomic mass is 79.9. The van der Waals surface area contributed by atoms with Crippen molar-refractivity contribution in [1.29, 1.82) is 0 Å². The fraction of sp³-hybridized carbons (Fsp3) is 0.455. The zero-order valence-electron chi connectivity index (χ0n) is 8.79. The van der Waals surface area contributed by atoms with Crippen molar-refractivity contribution in [2.24, 2.45) is 0 Å². The van der Waals surface area contributed by atoms with Gasteiger partial charge in [-0.15, -0.1) is 0 Å². The van der Waals surface area contributed by atoms with Gasteiger partial charge in [0.05, 0.1) is 6.61 Å². The molecule has 0 aliphatic heterocycles. The average molecular weight is 274 g/mol. The Labute approximate surface area is 98.6 Å². The van der Waals surface area contributed by atoms with Crippen LogP contribution in [0.5, 0.6) is 5.75 Å². The summed E-state index contributed by atoms with van der Waals surface area (Å²) in [6, 6.07) is 5.89. The monoisotopic (exact) mass is 273 g/mol. The first-order valence-corrected chi connectivity index (χ1v) is 5.74. The van der Waals surface area contributed by atoms with Crippen LogP contribution in [0, 0.1) is 0 Å². The highest BCUT2D eigenvalue weighted by molar-refractivity contribution is 9.10. The Bertz CT molecular complexity index is 305. The Kier molecular flexibility index (Phi) is 5.68. The number of nitrogens with one attached hydrogen (secondary N) is 1. The van der Waals surface area contributed by atoms with Gasteiger partial charge in [0.15, 0.2) is 0 Å². The van der Waals surface area contributed by atoms with Gasteiger partial charge in [0.1, 0.15) is 5.75 Å². The van der Waals surface area contributed by atoms with Crippen LogP contribution in [0.25, 0.3) is 0 Å². The molecule has 1 rings (SSSR count). The number of hydrogen-bond donors (Lipinski definition) is 2. The van der Waals surface area contributed by atoms with Crippen molar-refractivity contribution in [2.75, 3.05) is 20.3 Å². The Morgan fingerprint density at radius 1 is 1.47 bits per heavy atom. The number of halogens is 1. The molecular weight excluding hydrogens is 258 g/mol. The number of hydrogen-bond acceptors (Lipinski definition) is 3. The molecular formula is C11H16BrNO2. The summed E-state index contributed by atoms with van der Waals surface area (Å²) in [6.45, 7) is 1.52. The molecule has 0 aliphatic rings. The van der Waals surface area contributed by atoms with Gasteiger partial charge in [0.2, 0.25) is 0 Å². The van der Waals surface area contributed by atoms with Gasteiger partial charge in [0, 0.05) is 24.0 Å². The summed E-state index contributed by atoms with van der Waals surface area (Å²) in [5.74, 6) is 0.844. The minimum Gasteiger partial charge on any atom is -0.493 e. The normalized spacial score (nSPS) is 10.3. The van der Waals surface area contributed by atoms with E-state index in [2.05, 4.69) is 21.2 Å². The van der Waals surface area contributed by atoms with Gasteiger partial charge >= 0.3 is 0 Å². The summed E-state index contributed by atoms with van der Waals surface area (Å²) >= 11 is 3.48. The second-order valence-corrected chi connectivity index (χ2v) is 4.06. The molecule has 4 heteroatoms. The van der Waals surface area contributed by atoms with Gasteiger partial charge in [-0.25, -0.2) is 0 Å². The van der Waals surface area contributed by atoms with Crippen LogP contribution in [-0.4, -0.2) is 25.4 Å². The lowest BCUT2D eigenvalue weighted by Gasteiger charge is -2.09. The number of aliphatic hydroxyl groups is 1. The van der Waals surface area contributed by atoms with Crippen molar-refractivity contribution < 1.29 is 9.84 Å². The highest BCUT2D eigenvalue weighted by Gasteiger charge is 2.01. The van der Waals surface area contributed by atoms with Crippen molar-refractivity contribution in [3.05, 3.63) is 28.2 Å². The molecule has 0 saturated carbocycles. The predicted octanol–water partition coefficient (Wildman–Crippen LogP) is 1.93. The molecule has 0 atom stereocenters. The zero-order chi connectivity index (χ0) is 11.1. The highest BCUT2D eigenvalue weighted by Crippen LogP contribution is 2.22. The van der Waals surface area contributed by atoms with E-state index >= 15 is 0 Å². The number of rotatable bonds is 6. The minimum atomic E-state index is 0.167. The van der Waals surface area contributed by atoms with Gasteiger partial charge in [-0.2, -0.15) is 0 Å². The lowest BCUT2D eigenvalue weighted by molar-refractivity contribution is 0.233. The van der Waals surface area contributed by atoms with E-state index in [4.69, 9.17) is 9.84 Å². The Morgan fingerprint density at radius 2 is 2.27 bits per heavy atom. The van der Waals surface area contributed by atoms with Crippen LogP contribution in [0.1, 0.15) is 12.0 Å². The van der Waals surface area contributed by atoms with Crippen LogP contribution in [0.4, 0.5) is 0 Å². The van der Waals surface area contributed by atoms with Crippen LogP contribution in [0.3, 0.4) is 0 Å². The lowest BCUT2D eigenvalue weighted by atomic mass is 10.2. The van der Waals surface area contributed by atoms with Crippen molar-refractivity contribution in [1.82, 2.24) is 5.32 Å². The van der Waals surface area contributed by atoms with Crippen molar-refractivity contribution in [2.45, 2.75) is 13.0 Å². The summed E-state index contributed by atoms with van der Waals surface area (Å²) in [7, 11) is 1.91. The van der Waals surface area contributed by atoms with Crippen molar-refractivity contribution >= 4 is 15.9 Å². The first-order chi connectivity index (χ1) is 7.27. The summed E-state index contributed by atoms with van der Waals surface area (Å²) < 4.78 is 6.56. The maximum atomic E-state index is 8.63. The topological polar surface area (TPSA) is 41.5 Å². The summed E-state index contributed by atoms with van der Waals surface area (Å²) in [5.41, 5.74) is 1.17. The van der Waals surface area contributed by atoms with Crippen molar-refractivity contribution in [3.63, 3.8) is 0 Å². The van der Waals surface area contributed by atoms with Gasteiger partial charge < -0.3 is 15.2 Å². The SMILES string of the molecule is CNCc1cc(OCCCO)ccc1Br. The van der Waals surface area contributed by atoms with E-state index in [1.807, 2.05) is 25.2 Å². The summed E-state index contributed by atoms with van der Waals surface area (Å²) in [6.07, 6.45) is 0.664. The molecule has 84 valence electrons. The molecule has 2 N–H and O–H groups in total. The molecule has 0 saturated heterocycles. The van der Waals surface area contributed by atoms with Crippen LogP contribution in [-0.2, 0) is 6.54 Å². The van der Waals surface area contributed by atoms with Gasteiger partial charge in [-0.1, -0.05) is 15.9 Å². The molecule has 0 bridgehead atoms. The van der Waals surface area contributed by atoms with Gasteiger partial charge in [-0.05, 0) is 30.8 Å². The van der Waals surface area contributed by atoms with Crippen LogP contribution in [0.15, 0.2) is 22.7 Å². The van der Waals surface area contributed by atoms with Gasteiger partial charge in [0.25, 0.3) is 0 Å². The quantitative estimate of drug-likeness (QED) is 0.779. The second kappa shape index (κ2) is 6.82. The molecule has 0 unspecified atom stereocenters. The average Bonchev–Trinajstić information content (AvgIpc) is 2.23. The van der Waals surface area contributed by atoms with E-state index in [-0.39, 0.29) is 6.61 Å². The first kappa shape index (κ1) is 12.5. The Balaban J connectivity index is 2.61. The lowest BCUT2D eigenvalue weighted by Crippen LogP contribution is -2.06. The van der Waals surface area contributed by atoms with E-state index < -0.39 is 0 Å². The fourth-order valence-corrected chi connectivity index (χ4v) is 1.61. The van der Waals surface area contributed by atoms with E-state index in [9.17, 15) is 0 Å². The van der Waals surface area contributed by atoms with E-state index in [0.717, 1.165) is 16.8 Å². The Morgan fingerprint density at radius 3 is 2.93 bits per heavy atom. The summed E-state index contributed by atoms with van der Waals surface area (Å²) in [4.78, 5) is 0. The maximum Gasteiger partial charge on any atom is 0.119 e. The van der Waals surface area contributed by atoms with E-state index in [1.165, 1.54) is 5.56 Å². The van der Waals surface area contributed by atoms with Gasteiger partial charge in [-0.3, -0.25) is 0 Å². The third kappa shape index (κ3) is 4.20. The molecule has 0 aromatic heterocycles. The zero-order valence-corrected chi connectivity index (χ0v) is 10.4. The van der Waals surface area contributed by atoms with Crippen molar-refractivity contribution in [3.8, 4) is 5.75 Å². The standard InChI is InChI=1S/C11H16BrNO2/c1-13-8-9-7-10(3-4-11(9)12)15-6-2-5-14/h3-4,7,13-14H,2,5-6,8H2,1H3. The molecule has 0 heterocycles. The first-order valence-electron chi connectivity index (χ1n) is 4.94. The molecule has 1 aromatic carbocycles. The molecule has 1 aromatic rings. The number of aliphatic hydroxyl groups excluding tert-OH is 1. The van der Waals surface area contributed by atoms with Crippen LogP contribution < -0.4 is 10.1 Å². The number of benzene rings is 1. The van der Waals surface area contributed by atoms with E-state index in [1.54, 1.807) is 0 Å². The van der Waals surface area contributed by atoms with E-state index in [0.29, 0.717) is 13.0 Å². The predicted molar refractivity (Wildman–Crippen MR) is 64.1 cm³/mol. The van der Waals surface area contributed by atoms with Crippen LogP contribution >= 0.6 is 15.9 Å². The summed E-state index contributed by atoms with van der Waals surface area (Å²) in [5, 5.41) is 11.7. The molecule has 15 heavy (non-hydrogen) atoms. The third-order valence-corrected chi connectivity index (χ3v) is 2.73. The molecule has 3 nitrogen and oxygen atoms in total. The largest absolute Gasteiger partial charge is 0.493 e. The smallest absolute Gasteiger partial charge is 0.119 e.